The summed E-state index contributed by atoms with van der Waals surface area (Å²) in [5, 5.41) is 0. The first kappa shape index (κ1) is 8.85. The Morgan fingerprint density at radius 1 is 1.25 bits per heavy atom. The van der Waals surface area contributed by atoms with Gasteiger partial charge < -0.3 is 4.90 Å². The van der Waals surface area contributed by atoms with E-state index in [4.69, 9.17) is 0 Å². The maximum Gasteiger partial charge on any atom is 0.0369 e. The van der Waals surface area contributed by atoms with Gasteiger partial charge >= 0.3 is 0 Å². The molecule has 0 saturated heterocycles. The molecule has 1 heteroatoms. The zero-order valence-electron chi connectivity index (χ0n) is 7.67. The van der Waals surface area contributed by atoms with E-state index in [-0.39, 0.29) is 0 Å². The molecule has 0 saturated carbocycles. The SMILES string of the molecule is [CH2]c1cc(C=C)cc(N(C)C)c1. The van der Waals surface area contributed by atoms with Crippen molar-refractivity contribution in [2.45, 2.75) is 0 Å². The van der Waals surface area contributed by atoms with Gasteiger partial charge in [-0.15, -0.1) is 0 Å². The Morgan fingerprint density at radius 2 is 1.92 bits per heavy atom. The van der Waals surface area contributed by atoms with Crippen molar-refractivity contribution in [3.8, 4) is 0 Å². The van der Waals surface area contributed by atoms with Crippen LogP contribution in [0.25, 0.3) is 6.08 Å². The molecular weight excluding hydrogens is 146 g/mol. The summed E-state index contributed by atoms with van der Waals surface area (Å²) in [6, 6.07) is 6.15. The number of anilines is 1. The second-order valence-electron chi connectivity index (χ2n) is 3.03. The van der Waals surface area contributed by atoms with Crippen molar-refractivity contribution in [1.29, 1.82) is 0 Å². The maximum atomic E-state index is 3.90. The molecule has 0 aliphatic heterocycles. The average molecular weight is 160 g/mol. The van der Waals surface area contributed by atoms with Crippen LogP contribution in [-0.4, -0.2) is 14.1 Å². The van der Waals surface area contributed by atoms with Crippen molar-refractivity contribution in [1.82, 2.24) is 0 Å². The van der Waals surface area contributed by atoms with E-state index in [0.29, 0.717) is 0 Å². The molecule has 1 rings (SSSR count). The predicted octanol–water partition coefficient (Wildman–Crippen LogP) is 2.58. The Morgan fingerprint density at radius 3 is 2.42 bits per heavy atom. The first-order valence-corrected chi connectivity index (χ1v) is 3.90. The highest BCUT2D eigenvalue weighted by atomic mass is 15.1. The topological polar surface area (TPSA) is 3.24 Å². The highest BCUT2D eigenvalue weighted by Gasteiger charge is 1.96. The number of hydrogen-bond acceptors (Lipinski definition) is 1. The standard InChI is InChI=1S/C11H14N/c1-5-10-6-9(2)7-11(8-10)12(3)4/h5-8H,1-2H2,3-4H3. The lowest BCUT2D eigenvalue weighted by Gasteiger charge is -2.13. The lowest BCUT2D eigenvalue weighted by molar-refractivity contribution is 1.13. The Kier molecular flexibility index (Phi) is 2.54. The number of benzene rings is 1. The van der Waals surface area contributed by atoms with Gasteiger partial charge in [0, 0.05) is 19.8 Å². The summed E-state index contributed by atoms with van der Waals surface area (Å²) < 4.78 is 0. The molecule has 0 heterocycles. The monoisotopic (exact) mass is 160 g/mol. The Bertz CT molecular complexity index is 287. The van der Waals surface area contributed by atoms with E-state index in [0.717, 1.165) is 16.8 Å². The minimum Gasteiger partial charge on any atom is -0.378 e. The first-order valence-electron chi connectivity index (χ1n) is 3.90. The van der Waals surface area contributed by atoms with Crippen LogP contribution in [0, 0.1) is 6.92 Å². The largest absolute Gasteiger partial charge is 0.378 e. The molecule has 0 aromatic heterocycles. The van der Waals surface area contributed by atoms with Gasteiger partial charge in [-0.05, 0) is 30.2 Å². The van der Waals surface area contributed by atoms with E-state index in [1.807, 2.05) is 32.3 Å². The molecular formula is C11H14N. The van der Waals surface area contributed by atoms with Gasteiger partial charge in [0.25, 0.3) is 0 Å². The van der Waals surface area contributed by atoms with Crippen molar-refractivity contribution >= 4 is 11.8 Å². The number of nitrogens with zero attached hydrogens (tertiary/aromatic N) is 1. The van der Waals surface area contributed by atoms with Crippen LogP contribution in [0.2, 0.25) is 0 Å². The van der Waals surface area contributed by atoms with Crippen molar-refractivity contribution < 1.29 is 0 Å². The summed E-state index contributed by atoms with van der Waals surface area (Å²) in [6.45, 7) is 7.62. The van der Waals surface area contributed by atoms with Gasteiger partial charge in [-0.1, -0.05) is 18.7 Å². The summed E-state index contributed by atoms with van der Waals surface area (Å²) in [6.07, 6.45) is 1.84. The zero-order valence-corrected chi connectivity index (χ0v) is 7.67. The fourth-order valence-electron chi connectivity index (χ4n) is 1.08. The van der Waals surface area contributed by atoms with Gasteiger partial charge in [0.1, 0.15) is 0 Å². The zero-order chi connectivity index (χ0) is 9.14. The van der Waals surface area contributed by atoms with Gasteiger partial charge in [-0.25, -0.2) is 0 Å². The van der Waals surface area contributed by atoms with Gasteiger partial charge in [0.05, 0.1) is 0 Å². The average Bonchev–Trinajstić information content (AvgIpc) is 2.03. The fourth-order valence-corrected chi connectivity index (χ4v) is 1.08. The lowest BCUT2D eigenvalue weighted by Crippen LogP contribution is -2.08. The Hall–Kier alpha value is -1.24. The van der Waals surface area contributed by atoms with Crippen LogP contribution in [0.15, 0.2) is 24.8 Å². The van der Waals surface area contributed by atoms with Crippen LogP contribution >= 0.6 is 0 Å². The first-order chi connectivity index (χ1) is 5.63. The summed E-state index contributed by atoms with van der Waals surface area (Å²) in [5.74, 6) is 0. The molecule has 1 aromatic carbocycles. The molecule has 1 nitrogen and oxygen atoms in total. The molecule has 0 bridgehead atoms. The van der Waals surface area contributed by atoms with Crippen LogP contribution in [0.1, 0.15) is 11.1 Å². The molecule has 0 amide bonds. The normalized spacial score (nSPS) is 9.58. The van der Waals surface area contributed by atoms with Crippen molar-refractivity contribution in [2.75, 3.05) is 19.0 Å². The molecule has 63 valence electrons. The summed E-state index contributed by atoms with van der Waals surface area (Å²) in [4.78, 5) is 2.06. The third kappa shape index (κ3) is 1.88. The van der Waals surface area contributed by atoms with Crippen LogP contribution in [0.3, 0.4) is 0 Å². The molecule has 0 atom stereocenters. The number of rotatable bonds is 2. The summed E-state index contributed by atoms with van der Waals surface area (Å²) >= 11 is 0. The van der Waals surface area contributed by atoms with E-state index >= 15 is 0 Å². The van der Waals surface area contributed by atoms with Crippen molar-refractivity contribution in [2.24, 2.45) is 0 Å². The Labute approximate surface area is 74.3 Å². The summed E-state index contributed by atoms with van der Waals surface area (Å²) in [7, 11) is 4.03. The van der Waals surface area contributed by atoms with Gasteiger partial charge in [0.15, 0.2) is 0 Å². The molecule has 0 unspecified atom stereocenters. The number of hydrogen-bond donors (Lipinski definition) is 0. The summed E-state index contributed by atoms with van der Waals surface area (Å²) in [5.41, 5.74) is 3.31. The highest BCUT2D eigenvalue weighted by Crippen LogP contribution is 2.17. The molecule has 0 aliphatic carbocycles. The maximum absolute atomic E-state index is 3.90. The van der Waals surface area contributed by atoms with Gasteiger partial charge in [-0.3, -0.25) is 0 Å². The minimum absolute atomic E-state index is 1.02. The molecule has 0 aliphatic rings. The molecule has 0 N–H and O–H groups in total. The quantitative estimate of drug-likeness (QED) is 0.642. The van der Waals surface area contributed by atoms with Crippen LogP contribution < -0.4 is 4.90 Å². The van der Waals surface area contributed by atoms with Crippen LogP contribution in [-0.2, 0) is 0 Å². The van der Waals surface area contributed by atoms with Crippen LogP contribution in [0.5, 0.6) is 0 Å². The highest BCUT2D eigenvalue weighted by molar-refractivity contribution is 5.59. The van der Waals surface area contributed by atoms with Crippen molar-refractivity contribution in [3.63, 3.8) is 0 Å². The van der Waals surface area contributed by atoms with E-state index in [1.165, 1.54) is 0 Å². The Balaban J connectivity index is 3.14. The van der Waals surface area contributed by atoms with Gasteiger partial charge in [0.2, 0.25) is 0 Å². The molecule has 0 fully saturated rings. The molecule has 12 heavy (non-hydrogen) atoms. The molecule has 1 aromatic rings. The fraction of sp³-hybridized carbons (Fsp3) is 0.182. The minimum atomic E-state index is 1.02. The predicted molar refractivity (Wildman–Crippen MR) is 55.3 cm³/mol. The van der Waals surface area contributed by atoms with E-state index in [1.54, 1.807) is 0 Å². The van der Waals surface area contributed by atoms with E-state index in [9.17, 15) is 0 Å². The molecule has 0 spiro atoms. The smallest absolute Gasteiger partial charge is 0.0369 e. The van der Waals surface area contributed by atoms with Gasteiger partial charge in [-0.2, -0.15) is 0 Å². The van der Waals surface area contributed by atoms with Crippen molar-refractivity contribution in [3.05, 3.63) is 42.8 Å². The van der Waals surface area contributed by atoms with E-state index < -0.39 is 0 Å². The molecule has 1 radical (unpaired) electrons. The second kappa shape index (κ2) is 3.44. The van der Waals surface area contributed by atoms with E-state index in [2.05, 4.69) is 24.5 Å². The third-order valence-electron chi connectivity index (χ3n) is 1.75. The third-order valence-corrected chi connectivity index (χ3v) is 1.75. The second-order valence-corrected chi connectivity index (χ2v) is 3.03. The lowest BCUT2D eigenvalue weighted by atomic mass is 10.1. The van der Waals surface area contributed by atoms with Crippen LogP contribution in [0.4, 0.5) is 5.69 Å².